The molecule has 0 amide bonds. The van der Waals surface area contributed by atoms with Gasteiger partial charge >= 0.3 is 0 Å². The van der Waals surface area contributed by atoms with Crippen molar-refractivity contribution in [2.24, 2.45) is 0 Å². The van der Waals surface area contributed by atoms with E-state index in [2.05, 4.69) is 48.7 Å². The third-order valence-electron chi connectivity index (χ3n) is 3.87. The van der Waals surface area contributed by atoms with Crippen LogP contribution in [0.4, 0.5) is 0 Å². The van der Waals surface area contributed by atoms with Gasteiger partial charge in [-0.2, -0.15) is 0 Å². The van der Waals surface area contributed by atoms with E-state index in [1.54, 1.807) is 0 Å². The van der Waals surface area contributed by atoms with E-state index < -0.39 is 0 Å². The Balaban J connectivity index is 1.82. The standard InChI is InChI=1S/C16H24N2S/c1-12-8-10-14(11-9-12)13(2)17-16(19)18-15-6-4-3-5-7-15/h8-11,13,15H,3-7H2,1-2H3,(H2,17,18,19). The molecule has 1 unspecified atom stereocenters. The van der Waals surface area contributed by atoms with Gasteiger partial charge in [0.05, 0.1) is 6.04 Å². The smallest absolute Gasteiger partial charge is 0.166 e. The maximum absolute atomic E-state index is 5.41. The van der Waals surface area contributed by atoms with Gasteiger partial charge in [0, 0.05) is 6.04 Å². The first-order valence-electron chi connectivity index (χ1n) is 7.29. The Labute approximate surface area is 122 Å². The summed E-state index contributed by atoms with van der Waals surface area (Å²) in [6.07, 6.45) is 6.53. The van der Waals surface area contributed by atoms with Crippen molar-refractivity contribution in [1.29, 1.82) is 0 Å². The Morgan fingerprint density at radius 2 is 1.79 bits per heavy atom. The molecule has 1 aliphatic rings. The molecule has 1 aromatic carbocycles. The minimum atomic E-state index is 0.254. The molecule has 1 aromatic rings. The van der Waals surface area contributed by atoms with Gasteiger partial charge in [-0.25, -0.2) is 0 Å². The molecule has 0 aromatic heterocycles. The fourth-order valence-corrected chi connectivity index (χ4v) is 2.95. The maximum Gasteiger partial charge on any atom is 0.166 e. The topological polar surface area (TPSA) is 24.1 Å². The Bertz CT molecular complexity index is 407. The molecule has 0 bridgehead atoms. The van der Waals surface area contributed by atoms with Gasteiger partial charge in [-0.3, -0.25) is 0 Å². The highest BCUT2D eigenvalue weighted by Gasteiger charge is 2.15. The summed E-state index contributed by atoms with van der Waals surface area (Å²) in [5.41, 5.74) is 2.57. The molecule has 1 fully saturated rings. The van der Waals surface area contributed by atoms with Crippen LogP contribution >= 0.6 is 12.2 Å². The summed E-state index contributed by atoms with van der Waals surface area (Å²) >= 11 is 5.41. The molecule has 0 saturated heterocycles. The minimum absolute atomic E-state index is 0.254. The molecule has 104 valence electrons. The molecule has 2 N–H and O–H groups in total. The van der Waals surface area contributed by atoms with Gasteiger partial charge in [0.1, 0.15) is 0 Å². The third kappa shape index (κ3) is 4.50. The molecule has 0 heterocycles. The second-order valence-electron chi connectivity index (χ2n) is 5.59. The number of aryl methyl sites for hydroxylation is 1. The van der Waals surface area contributed by atoms with E-state index in [0.29, 0.717) is 6.04 Å². The molecule has 0 radical (unpaired) electrons. The van der Waals surface area contributed by atoms with E-state index in [9.17, 15) is 0 Å². The van der Waals surface area contributed by atoms with Crippen molar-refractivity contribution in [3.63, 3.8) is 0 Å². The molecule has 19 heavy (non-hydrogen) atoms. The molecule has 1 aliphatic carbocycles. The van der Waals surface area contributed by atoms with Crippen LogP contribution in [-0.4, -0.2) is 11.2 Å². The largest absolute Gasteiger partial charge is 0.360 e. The van der Waals surface area contributed by atoms with E-state index in [1.165, 1.54) is 43.2 Å². The summed E-state index contributed by atoms with van der Waals surface area (Å²) in [4.78, 5) is 0. The van der Waals surface area contributed by atoms with Crippen molar-refractivity contribution in [3.8, 4) is 0 Å². The van der Waals surface area contributed by atoms with Crippen LogP contribution in [0.15, 0.2) is 24.3 Å². The molecule has 0 spiro atoms. The zero-order chi connectivity index (χ0) is 13.7. The number of thiocarbonyl (C=S) groups is 1. The Hall–Kier alpha value is -1.09. The lowest BCUT2D eigenvalue weighted by Gasteiger charge is -2.26. The summed E-state index contributed by atoms with van der Waals surface area (Å²) < 4.78 is 0. The SMILES string of the molecule is Cc1ccc(C(C)NC(=S)NC2CCCCC2)cc1. The molecular weight excluding hydrogens is 252 g/mol. The van der Waals surface area contributed by atoms with Crippen molar-refractivity contribution in [2.75, 3.05) is 0 Å². The quantitative estimate of drug-likeness (QED) is 0.820. The second kappa shape index (κ2) is 6.90. The van der Waals surface area contributed by atoms with Gasteiger partial charge < -0.3 is 10.6 Å². The first kappa shape index (κ1) is 14.3. The number of nitrogens with one attached hydrogen (secondary N) is 2. The van der Waals surface area contributed by atoms with Crippen LogP contribution in [0.1, 0.15) is 56.2 Å². The van der Waals surface area contributed by atoms with Crippen LogP contribution in [0.2, 0.25) is 0 Å². The number of rotatable bonds is 3. The van der Waals surface area contributed by atoms with Crippen LogP contribution < -0.4 is 10.6 Å². The Morgan fingerprint density at radius 1 is 1.16 bits per heavy atom. The number of hydrogen-bond acceptors (Lipinski definition) is 1. The average molecular weight is 276 g/mol. The number of benzene rings is 1. The zero-order valence-electron chi connectivity index (χ0n) is 11.9. The highest BCUT2D eigenvalue weighted by molar-refractivity contribution is 7.80. The van der Waals surface area contributed by atoms with Crippen LogP contribution in [0, 0.1) is 6.92 Å². The van der Waals surface area contributed by atoms with E-state index >= 15 is 0 Å². The Morgan fingerprint density at radius 3 is 2.42 bits per heavy atom. The number of hydrogen-bond donors (Lipinski definition) is 2. The summed E-state index contributed by atoms with van der Waals surface area (Å²) in [5.74, 6) is 0. The second-order valence-corrected chi connectivity index (χ2v) is 5.99. The van der Waals surface area contributed by atoms with Gasteiger partial charge in [-0.1, -0.05) is 49.1 Å². The Kier molecular flexibility index (Phi) is 5.20. The van der Waals surface area contributed by atoms with Gasteiger partial charge in [-0.15, -0.1) is 0 Å². The minimum Gasteiger partial charge on any atom is -0.360 e. The van der Waals surface area contributed by atoms with E-state index in [0.717, 1.165) is 5.11 Å². The third-order valence-corrected chi connectivity index (χ3v) is 4.10. The van der Waals surface area contributed by atoms with Crippen LogP contribution in [0.25, 0.3) is 0 Å². The molecule has 2 rings (SSSR count). The fourth-order valence-electron chi connectivity index (χ4n) is 2.61. The lowest BCUT2D eigenvalue weighted by atomic mass is 9.96. The molecular formula is C16H24N2S. The van der Waals surface area contributed by atoms with Gasteiger partial charge in [-0.05, 0) is 44.5 Å². The van der Waals surface area contributed by atoms with E-state index in [4.69, 9.17) is 12.2 Å². The summed E-state index contributed by atoms with van der Waals surface area (Å²) in [6.45, 7) is 4.26. The van der Waals surface area contributed by atoms with Crippen LogP contribution in [0.5, 0.6) is 0 Å². The molecule has 1 atom stereocenters. The van der Waals surface area contributed by atoms with Crippen LogP contribution in [-0.2, 0) is 0 Å². The monoisotopic (exact) mass is 276 g/mol. The summed E-state index contributed by atoms with van der Waals surface area (Å²) in [7, 11) is 0. The van der Waals surface area contributed by atoms with Gasteiger partial charge in [0.2, 0.25) is 0 Å². The summed E-state index contributed by atoms with van der Waals surface area (Å²) in [5, 5.41) is 7.63. The first-order chi connectivity index (χ1) is 9.15. The highest BCUT2D eigenvalue weighted by Crippen LogP contribution is 2.18. The lowest BCUT2D eigenvalue weighted by molar-refractivity contribution is 0.411. The normalized spacial score (nSPS) is 17.8. The first-order valence-corrected chi connectivity index (χ1v) is 7.69. The predicted octanol–water partition coefficient (Wildman–Crippen LogP) is 3.85. The average Bonchev–Trinajstić information content (AvgIpc) is 2.40. The molecule has 1 saturated carbocycles. The van der Waals surface area contributed by atoms with Crippen molar-refractivity contribution in [3.05, 3.63) is 35.4 Å². The predicted molar refractivity (Wildman–Crippen MR) is 85.3 cm³/mol. The zero-order valence-corrected chi connectivity index (χ0v) is 12.7. The molecule has 0 aliphatic heterocycles. The van der Waals surface area contributed by atoms with Crippen molar-refractivity contribution in [1.82, 2.24) is 10.6 Å². The molecule has 2 nitrogen and oxygen atoms in total. The van der Waals surface area contributed by atoms with Crippen molar-refractivity contribution >= 4 is 17.3 Å². The maximum atomic E-state index is 5.41. The fraction of sp³-hybridized carbons (Fsp3) is 0.562. The van der Waals surface area contributed by atoms with E-state index in [1.807, 2.05) is 0 Å². The van der Waals surface area contributed by atoms with Crippen molar-refractivity contribution in [2.45, 2.75) is 58.0 Å². The van der Waals surface area contributed by atoms with E-state index in [-0.39, 0.29) is 6.04 Å². The van der Waals surface area contributed by atoms with Crippen LogP contribution in [0.3, 0.4) is 0 Å². The summed E-state index contributed by atoms with van der Waals surface area (Å²) in [6, 6.07) is 9.44. The van der Waals surface area contributed by atoms with Gasteiger partial charge in [0.15, 0.2) is 5.11 Å². The van der Waals surface area contributed by atoms with Crippen molar-refractivity contribution < 1.29 is 0 Å². The highest BCUT2D eigenvalue weighted by atomic mass is 32.1. The lowest BCUT2D eigenvalue weighted by Crippen LogP contribution is -2.43. The van der Waals surface area contributed by atoms with Gasteiger partial charge in [0.25, 0.3) is 0 Å². The molecule has 3 heteroatoms.